The Morgan fingerprint density at radius 1 is 0.946 bits per heavy atom. The summed E-state index contributed by atoms with van der Waals surface area (Å²) < 4.78 is 6.66. The van der Waals surface area contributed by atoms with Crippen molar-refractivity contribution in [2.45, 2.75) is 56.9 Å². The van der Waals surface area contributed by atoms with Gasteiger partial charge >= 0.3 is 0 Å². The molecule has 8 heteroatoms. The minimum atomic E-state index is -1.18. The molecule has 4 aliphatic rings. The number of ether oxygens (including phenoxy) is 1. The van der Waals surface area contributed by atoms with Crippen LogP contribution in [0.15, 0.2) is 54.6 Å². The number of benzene rings is 1. The van der Waals surface area contributed by atoms with E-state index in [1.807, 2.05) is 59.5 Å². The van der Waals surface area contributed by atoms with Crippen molar-refractivity contribution >= 4 is 17.7 Å². The lowest BCUT2D eigenvalue weighted by atomic mass is 9.77. The third kappa shape index (κ3) is 4.50. The summed E-state index contributed by atoms with van der Waals surface area (Å²) in [5.74, 6) is -1.89. The maximum Gasteiger partial charge on any atom is 0.249 e. The number of fused-ring (bicyclic) bond motifs is 2. The molecule has 198 valence electrons. The first-order chi connectivity index (χ1) is 18.0. The fourth-order valence-electron chi connectivity index (χ4n) is 6.37. The van der Waals surface area contributed by atoms with E-state index in [0.717, 1.165) is 18.4 Å². The van der Waals surface area contributed by atoms with Crippen LogP contribution >= 0.6 is 0 Å². The monoisotopic (exact) mass is 507 g/mol. The molecular weight excluding hydrogens is 470 g/mol. The number of carbonyl (C=O) groups excluding carboxylic acids is 3. The van der Waals surface area contributed by atoms with Crippen molar-refractivity contribution in [2.24, 2.45) is 11.8 Å². The van der Waals surface area contributed by atoms with Crippen molar-refractivity contribution < 1.29 is 24.2 Å². The normalized spacial score (nSPS) is 30.9. The van der Waals surface area contributed by atoms with Gasteiger partial charge in [-0.2, -0.15) is 0 Å². The molecular formula is C29H37N3O5. The first-order valence-electron chi connectivity index (χ1n) is 13.6. The summed E-state index contributed by atoms with van der Waals surface area (Å²) in [6, 6.07) is 9.01. The van der Waals surface area contributed by atoms with Crippen LogP contribution in [0, 0.1) is 11.8 Å². The van der Waals surface area contributed by atoms with Crippen LogP contribution in [-0.2, 0) is 25.7 Å². The smallest absolute Gasteiger partial charge is 0.249 e. The molecule has 2 fully saturated rings. The first-order valence-corrected chi connectivity index (χ1v) is 13.6. The highest BCUT2D eigenvalue weighted by Gasteiger charge is 2.71. The van der Waals surface area contributed by atoms with E-state index in [9.17, 15) is 19.5 Å². The van der Waals surface area contributed by atoms with E-state index < -0.39 is 29.6 Å². The molecule has 0 radical (unpaired) electrons. The van der Waals surface area contributed by atoms with Gasteiger partial charge in [0.05, 0.1) is 17.9 Å². The highest BCUT2D eigenvalue weighted by molar-refractivity contribution is 5.99. The van der Waals surface area contributed by atoms with E-state index in [1.165, 1.54) is 0 Å². The Morgan fingerprint density at radius 2 is 1.73 bits per heavy atom. The van der Waals surface area contributed by atoms with Gasteiger partial charge in [-0.3, -0.25) is 14.4 Å². The molecule has 0 aromatic heterocycles. The van der Waals surface area contributed by atoms with E-state index in [1.54, 1.807) is 9.80 Å². The van der Waals surface area contributed by atoms with Gasteiger partial charge < -0.3 is 24.5 Å². The van der Waals surface area contributed by atoms with Gasteiger partial charge in [-0.1, -0.05) is 68.0 Å². The second kappa shape index (κ2) is 10.8. The van der Waals surface area contributed by atoms with Gasteiger partial charge in [-0.25, -0.2) is 0 Å². The largest absolute Gasteiger partial charge is 0.396 e. The molecule has 0 aliphatic carbocycles. The van der Waals surface area contributed by atoms with E-state index in [4.69, 9.17) is 4.74 Å². The summed E-state index contributed by atoms with van der Waals surface area (Å²) in [5.41, 5.74) is -0.159. The number of unbranched alkanes of at least 4 members (excludes halogenated alkanes) is 2. The average Bonchev–Trinajstić information content (AvgIpc) is 3.22. The van der Waals surface area contributed by atoms with Gasteiger partial charge in [-0.05, 0) is 24.8 Å². The van der Waals surface area contributed by atoms with E-state index >= 15 is 0 Å². The zero-order chi connectivity index (χ0) is 26.0. The van der Waals surface area contributed by atoms with Gasteiger partial charge in [0.1, 0.15) is 11.6 Å². The fraction of sp³-hybridized carbons (Fsp3) is 0.552. The second-order valence-corrected chi connectivity index (χ2v) is 10.5. The Labute approximate surface area is 218 Å². The summed E-state index contributed by atoms with van der Waals surface area (Å²) in [7, 11) is 0. The Kier molecular flexibility index (Phi) is 7.49. The molecule has 1 N–H and O–H groups in total. The number of rotatable bonds is 9. The number of aliphatic hydroxyl groups excluding tert-OH is 1. The molecule has 0 saturated carbocycles. The van der Waals surface area contributed by atoms with Crippen LogP contribution in [0.2, 0.25) is 0 Å². The highest BCUT2D eigenvalue weighted by Crippen LogP contribution is 2.53. The molecule has 37 heavy (non-hydrogen) atoms. The average molecular weight is 508 g/mol. The van der Waals surface area contributed by atoms with Crippen molar-refractivity contribution in [3.8, 4) is 0 Å². The number of nitrogens with zero attached hydrogens (tertiary/aromatic N) is 3. The maximum atomic E-state index is 14.1. The van der Waals surface area contributed by atoms with Crippen molar-refractivity contribution in [3.63, 3.8) is 0 Å². The molecule has 5 rings (SSSR count). The molecule has 2 saturated heterocycles. The van der Waals surface area contributed by atoms with Crippen molar-refractivity contribution in [2.75, 3.05) is 32.8 Å². The SMILES string of the molecule is CCCCN1CC=C[C@]23O[C@H]4C=CCN(Cc5ccccc5)C(=O)[C@H]4[C@H]2C(=O)N(CCCCO)C3C1=O. The van der Waals surface area contributed by atoms with Crippen molar-refractivity contribution in [1.29, 1.82) is 0 Å². The first kappa shape index (κ1) is 25.7. The lowest BCUT2D eigenvalue weighted by Crippen LogP contribution is -2.55. The van der Waals surface area contributed by atoms with Crippen LogP contribution in [0.25, 0.3) is 0 Å². The van der Waals surface area contributed by atoms with Gasteiger partial charge in [0.15, 0.2) is 0 Å². The Hall–Kier alpha value is -2.97. The van der Waals surface area contributed by atoms with E-state index in [-0.39, 0.29) is 24.3 Å². The number of aliphatic hydroxyl groups is 1. The molecule has 1 spiro atoms. The predicted octanol–water partition coefficient (Wildman–Crippen LogP) is 2.14. The predicted molar refractivity (Wildman–Crippen MR) is 138 cm³/mol. The van der Waals surface area contributed by atoms with Gasteiger partial charge in [0.2, 0.25) is 17.7 Å². The quantitative estimate of drug-likeness (QED) is 0.409. The summed E-state index contributed by atoms with van der Waals surface area (Å²) in [6.07, 6.45) is 10.1. The van der Waals surface area contributed by atoms with Crippen LogP contribution in [0.5, 0.6) is 0 Å². The maximum absolute atomic E-state index is 14.1. The minimum absolute atomic E-state index is 0.0245. The lowest BCUT2D eigenvalue weighted by molar-refractivity contribution is -0.148. The van der Waals surface area contributed by atoms with Crippen molar-refractivity contribution in [3.05, 3.63) is 60.2 Å². The summed E-state index contributed by atoms with van der Waals surface area (Å²) in [4.78, 5) is 47.3. The third-order valence-electron chi connectivity index (χ3n) is 8.13. The number of likely N-dealkylation sites (tertiary alicyclic amines) is 1. The second-order valence-electron chi connectivity index (χ2n) is 10.5. The molecule has 8 nitrogen and oxygen atoms in total. The summed E-state index contributed by atoms with van der Waals surface area (Å²) in [5, 5.41) is 9.33. The Bertz CT molecular complexity index is 1070. The third-order valence-corrected chi connectivity index (χ3v) is 8.13. The fourth-order valence-corrected chi connectivity index (χ4v) is 6.37. The van der Waals surface area contributed by atoms with Gasteiger partial charge in [0.25, 0.3) is 0 Å². The van der Waals surface area contributed by atoms with Crippen LogP contribution in [0.3, 0.4) is 0 Å². The highest BCUT2D eigenvalue weighted by atomic mass is 16.5. The molecule has 1 aromatic carbocycles. The molecule has 4 heterocycles. The number of hydrogen-bond donors (Lipinski definition) is 1. The van der Waals surface area contributed by atoms with Crippen LogP contribution in [0.1, 0.15) is 38.2 Å². The Balaban J connectivity index is 1.50. The summed E-state index contributed by atoms with van der Waals surface area (Å²) in [6.45, 7) is 4.43. The van der Waals surface area contributed by atoms with E-state index in [0.29, 0.717) is 45.6 Å². The molecule has 0 bridgehead atoms. The molecule has 3 amide bonds. The zero-order valence-corrected chi connectivity index (χ0v) is 21.5. The van der Waals surface area contributed by atoms with Gasteiger partial charge in [0, 0.05) is 39.3 Å². The van der Waals surface area contributed by atoms with Crippen molar-refractivity contribution in [1.82, 2.24) is 14.7 Å². The topological polar surface area (TPSA) is 90.4 Å². The van der Waals surface area contributed by atoms with Crippen LogP contribution in [0.4, 0.5) is 0 Å². The van der Waals surface area contributed by atoms with Crippen LogP contribution in [-0.4, -0.2) is 88.1 Å². The molecule has 5 atom stereocenters. The Morgan fingerprint density at radius 3 is 2.49 bits per heavy atom. The standard InChI is InChI=1S/C29H37N3O5/c1-2-3-15-30-17-10-14-29-24(27(35)32(18-7-8-19-33)25(29)28(30)36)23-22(37-29)13-9-16-31(26(23)34)20-21-11-5-4-6-12-21/h4-6,9-14,22-25,33H,2-3,7-8,15-20H2,1H3/t22-,23+,24-,25?,29-/m0/s1. The van der Waals surface area contributed by atoms with Gasteiger partial charge in [-0.15, -0.1) is 0 Å². The molecule has 1 aromatic rings. The number of amides is 3. The summed E-state index contributed by atoms with van der Waals surface area (Å²) >= 11 is 0. The number of hydrogen-bond acceptors (Lipinski definition) is 5. The molecule has 1 unspecified atom stereocenters. The number of carbonyl (C=O) groups is 3. The molecule has 4 aliphatic heterocycles. The lowest BCUT2D eigenvalue weighted by Gasteiger charge is -2.35. The van der Waals surface area contributed by atoms with Crippen LogP contribution < -0.4 is 0 Å². The zero-order valence-electron chi connectivity index (χ0n) is 21.5. The minimum Gasteiger partial charge on any atom is -0.396 e. The van der Waals surface area contributed by atoms with E-state index in [2.05, 4.69) is 6.92 Å².